The van der Waals surface area contributed by atoms with Crippen LogP contribution < -0.4 is 21.1 Å². The maximum absolute atomic E-state index is 11.5. The molecular formula is C29H40N6O5. The summed E-state index contributed by atoms with van der Waals surface area (Å²) in [6.45, 7) is 9.01. The van der Waals surface area contributed by atoms with Crippen LogP contribution in [0.3, 0.4) is 0 Å². The molecule has 0 spiro atoms. The van der Waals surface area contributed by atoms with E-state index in [1.807, 2.05) is 19.1 Å². The largest absolute Gasteiger partial charge is 0.497 e. The number of furan rings is 1. The highest BCUT2D eigenvalue weighted by molar-refractivity contribution is 6.04. The van der Waals surface area contributed by atoms with E-state index < -0.39 is 12.1 Å². The van der Waals surface area contributed by atoms with Gasteiger partial charge in [-0.3, -0.25) is 20.3 Å². The predicted octanol–water partition coefficient (Wildman–Crippen LogP) is 3.21. The number of nitrogens with zero attached hydrogens (tertiary/aromatic N) is 2. The lowest BCUT2D eigenvalue weighted by molar-refractivity contribution is -0.120. The summed E-state index contributed by atoms with van der Waals surface area (Å²) in [5, 5.41) is 12.2. The minimum Gasteiger partial charge on any atom is -0.497 e. The molecule has 11 nitrogen and oxygen atoms in total. The van der Waals surface area contributed by atoms with Gasteiger partial charge in [-0.1, -0.05) is 19.6 Å². The zero-order valence-corrected chi connectivity index (χ0v) is 23.5. The van der Waals surface area contributed by atoms with Gasteiger partial charge in [0.15, 0.2) is 6.04 Å². The Morgan fingerprint density at radius 3 is 2.60 bits per heavy atom. The van der Waals surface area contributed by atoms with Crippen LogP contribution in [0.15, 0.2) is 47.4 Å². The number of amides is 4. The van der Waals surface area contributed by atoms with Crippen LogP contribution in [-0.2, 0) is 17.8 Å². The fourth-order valence-electron chi connectivity index (χ4n) is 4.68. The van der Waals surface area contributed by atoms with Crippen LogP contribution in [0.5, 0.6) is 5.75 Å². The third-order valence-electron chi connectivity index (χ3n) is 7.11. The summed E-state index contributed by atoms with van der Waals surface area (Å²) in [6.07, 6.45) is 5.85. The van der Waals surface area contributed by atoms with Crippen LogP contribution in [0.25, 0.3) is 0 Å². The number of methoxy groups -OCH3 is 1. The van der Waals surface area contributed by atoms with Gasteiger partial charge in [-0.2, -0.15) is 0 Å². The van der Waals surface area contributed by atoms with Crippen LogP contribution in [-0.4, -0.2) is 67.3 Å². The smallest absolute Gasteiger partial charge is 0.322 e. The number of hydrogen-bond donors (Lipinski definition) is 4. The van der Waals surface area contributed by atoms with Gasteiger partial charge in [0.05, 0.1) is 7.11 Å². The quantitative estimate of drug-likeness (QED) is 0.252. The summed E-state index contributed by atoms with van der Waals surface area (Å²) >= 11 is 0. The van der Waals surface area contributed by atoms with Gasteiger partial charge >= 0.3 is 6.03 Å². The van der Waals surface area contributed by atoms with Gasteiger partial charge in [0, 0.05) is 38.7 Å². The summed E-state index contributed by atoms with van der Waals surface area (Å²) in [6, 6.07) is 7.96. The molecule has 0 radical (unpaired) electrons. The monoisotopic (exact) mass is 552 g/mol. The first-order valence-corrected chi connectivity index (χ1v) is 13.5. The molecule has 3 aliphatic rings. The van der Waals surface area contributed by atoms with Crippen LogP contribution in [0.2, 0.25) is 0 Å². The fourth-order valence-corrected chi connectivity index (χ4v) is 4.68. The lowest BCUT2D eigenvalue weighted by atomic mass is 10.0. The van der Waals surface area contributed by atoms with E-state index in [9.17, 15) is 14.4 Å². The Labute approximate surface area is 235 Å². The molecular weight excluding hydrogens is 512 g/mol. The van der Waals surface area contributed by atoms with E-state index in [4.69, 9.17) is 20.3 Å². The van der Waals surface area contributed by atoms with E-state index in [1.165, 1.54) is 6.42 Å². The number of urea groups is 1. The Hall–Kier alpha value is -4.12. The second kappa shape index (κ2) is 14.3. The van der Waals surface area contributed by atoms with Crippen molar-refractivity contribution in [2.75, 3.05) is 33.8 Å². The van der Waals surface area contributed by atoms with Crippen molar-refractivity contribution < 1.29 is 23.5 Å². The number of likely N-dealkylation sites (tertiary alicyclic amines) is 1. The highest BCUT2D eigenvalue weighted by Crippen LogP contribution is 2.25. The number of carbonyl (C=O) groups excluding carboxylic acids is 3. The Bertz CT molecular complexity index is 1230. The van der Waals surface area contributed by atoms with E-state index in [1.54, 1.807) is 43.3 Å². The molecule has 2 fully saturated rings. The highest BCUT2D eigenvalue weighted by atomic mass is 16.5. The molecule has 0 bridgehead atoms. The molecule has 2 aromatic rings. The number of rotatable bonds is 5. The summed E-state index contributed by atoms with van der Waals surface area (Å²) in [5.41, 5.74) is 7.48. The number of nitrogens with one attached hydrogen (secondary N) is 3. The van der Waals surface area contributed by atoms with Gasteiger partial charge in [-0.15, -0.1) is 0 Å². The maximum Gasteiger partial charge on any atom is 0.322 e. The van der Waals surface area contributed by atoms with Crippen molar-refractivity contribution in [2.45, 2.75) is 45.2 Å². The van der Waals surface area contributed by atoms with Crippen molar-refractivity contribution in [3.05, 3.63) is 65.6 Å². The molecule has 4 heterocycles. The van der Waals surface area contributed by atoms with Gasteiger partial charge in [0.1, 0.15) is 23.1 Å². The number of amidine groups is 1. The molecule has 1 aromatic heterocycles. The van der Waals surface area contributed by atoms with Crippen LogP contribution >= 0.6 is 0 Å². The number of fused-ring (bicyclic) bond motifs is 1. The summed E-state index contributed by atoms with van der Waals surface area (Å²) in [4.78, 5) is 37.4. The molecule has 4 amide bonds. The molecule has 40 heavy (non-hydrogen) atoms. The first kappa shape index (κ1) is 30.4. The number of imide groups is 1. The number of carbonyl (C=O) groups is 3. The third-order valence-corrected chi connectivity index (χ3v) is 7.11. The Morgan fingerprint density at radius 1 is 1.23 bits per heavy atom. The molecule has 1 aromatic carbocycles. The second-order valence-electron chi connectivity index (χ2n) is 9.85. The molecule has 2 saturated heterocycles. The average Bonchev–Trinajstić information content (AvgIpc) is 3.59. The van der Waals surface area contributed by atoms with E-state index in [-0.39, 0.29) is 11.8 Å². The molecule has 5 N–H and O–H groups in total. The number of benzene rings is 1. The van der Waals surface area contributed by atoms with Crippen LogP contribution in [0, 0.1) is 11.3 Å². The molecule has 2 atom stereocenters. The first-order valence-electron chi connectivity index (χ1n) is 13.5. The lowest BCUT2D eigenvalue weighted by Gasteiger charge is -2.20. The molecule has 5 rings (SSSR count). The first-order chi connectivity index (χ1) is 19.2. The number of nitrogens with two attached hydrogens (primary N) is 1. The number of ether oxygens (including phenoxy) is 1. The zero-order chi connectivity index (χ0) is 29.2. The molecule has 11 heteroatoms. The molecule has 0 saturated carbocycles. The van der Waals surface area contributed by atoms with Gasteiger partial charge in [-0.25, -0.2) is 4.79 Å². The number of hydrogen-bond acceptors (Lipinski definition) is 7. The molecule has 3 aliphatic heterocycles. The minimum absolute atomic E-state index is 0.0777. The van der Waals surface area contributed by atoms with Crippen LogP contribution in [0.1, 0.15) is 59.7 Å². The Balaban J connectivity index is 0.000000166. The summed E-state index contributed by atoms with van der Waals surface area (Å²) in [7, 11) is 3.40. The standard InChI is InChI=1S/C10H19N3.C10H11NO2.C9H10N2O3/c1-2-10(12)13-6-3-4-9(8-11)5-7-13;1-11-6-7-3-4-8(13-2)5-9(7)10(11)12;1-2-5-3-4-6(14-5)7-8(12)11-9(13)10-7/h2,9,12H,1,3-8,11H2;3-5H,6H2,1-2H3;3-4,7H,2H2,1H3,(H2,10,11,12,13). The third kappa shape index (κ3) is 7.72. The van der Waals surface area contributed by atoms with Gasteiger partial charge < -0.3 is 30.0 Å². The van der Waals surface area contributed by atoms with E-state index >= 15 is 0 Å². The van der Waals surface area contributed by atoms with Gasteiger partial charge in [0.2, 0.25) is 0 Å². The van der Waals surface area contributed by atoms with E-state index in [0.717, 1.165) is 61.5 Å². The second-order valence-corrected chi connectivity index (χ2v) is 9.85. The van der Waals surface area contributed by atoms with E-state index in [2.05, 4.69) is 22.1 Å². The van der Waals surface area contributed by atoms with Crippen LogP contribution in [0.4, 0.5) is 4.79 Å². The van der Waals surface area contributed by atoms with E-state index in [0.29, 0.717) is 24.1 Å². The highest BCUT2D eigenvalue weighted by Gasteiger charge is 2.33. The zero-order valence-electron chi connectivity index (χ0n) is 23.5. The normalized spacial score (nSPS) is 19.8. The molecule has 0 aliphatic carbocycles. The Kier molecular flexibility index (Phi) is 10.9. The fraction of sp³-hybridized carbons (Fsp3) is 0.448. The number of aryl methyl sites for hydroxylation is 1. The summed E-state index contributed by atoms with van der Waals surface area (Å²) in [5.74, 6) is 2.93. The maximum atomic E-state index is 11.5. The van der Waals surface area contributed by atoms with Gasteiger partial charge in [0.25, 0.3) is 11.8 Å². The van der Waals surface area contributed by atoms with Crippen molar-refractivity contribution in [3.8, 4) is 5.75 Å². The minimum atomic E-state index is -0.678. The van der Waals surface area contributed by atoms with Crippen molar-refractivity contribution in [3.63, 3.8) is 0 Å². The van der Waals surface area contributed by atoms with Crippen molar-refractivity contribution in [1.82, 2.24) is 20.4 Å². The topological polar surface area (TPSA) is 154 Å². The molecule has 216 valence electrons. The average molecular weight is 553 g/mol. The van der Waals surface area contributed by atoms with Gasteiger partial charge in [-0.05, 0) is 67.6 Å². The van der Waals surface area contributed by atoms with Crippen molar-refractivity contribution in [2.24, 2.45) is 11.7 Å². The lowest BCUT2D eigenvalue weighted by Crippen LogP contribution is -2.30. The SMILES string of the molecule is C=CC(=N)N1CCCC(CN)CC1.CCc1ccc(C2NC(=O)NC2=O)o1.COc1ccc2c(c1)C(=O)N(C)C2. The summed E-state index contributed by atoms with van der Waals surface area (Å²) < 4.78 is 10.4. The predicted molar refractivity (Wildman–Crippen MR) is 152 cm³/mol. The van der Waals surface area contributed by atoms with Crippen molar-refractivity contribution >= 4 is 23.7 Å². The van der Waals surface area contributed by atoms with Crippen molar-refractivity contribution in [1.29, 1.82) is 5.41 Å². The molecule has 2 unspecified atom stereocenters. The Morgan fingerprint density at radius 2 is 2.00 bits per heavy atom.